The number of nitrogens with zero attached hydrogens (tertiary/aromatic N) is 2. The minimum Gasteiger partial charge on any atom is -0.478 e. The van der Waals surface area contributed by atoms with Gasteiger partial charge in [-0.25, -0.2) is 18.2 Å². The molecule has 0 spiro atoms. The fourth-order valence-corrected chi connectivity index (χ4v) is 6.13. The van der Waals surface area contributed by atoms with Gasteiger partial charge in [-0.15, -0.1) is 11.3 Å². The summed E-state index contributed by atoms with van der Waals surface area (Å²) in [5.74, 6) is -0.874. The Morgan fingerprint density at radius 2 is 2.03 bits per heavy atom. The second-order valence-corrected chi connectivity index (χ2v) is 10.9. The molecule has 0 fully saturated rings. The molecule has 2 N–H and O–H groups in total. The molecule has 7 nitrogen and oxygen atoms in total. The highest BCUT2D eigenvalue weighted by Crippen LogP contribution is 2.31. The van der Waals surface area contributed by atoms with Crippen LogP contribution in [-0.2, 0) is 10.0 Å². The predicted octanol–water partition coefficient (Wildman–Crippen LogP) is 4.90. The molecule has 0 unspecified atom stereocenters. The molecule has 3 aromatic rings. The number of pyridine rings is 1. The van der Waals surface area contributed by atoms with Crippen LogP contribution >= 0.6 is 22.9 Å². The SMILES string of the molecule is Cc1ccccc1C1=CCN(c2ncc(NS(=O)(=O)c3ccc(Cl)s3)cc2C(=O)O)CC1. The fourth-order valence-electron chi connectivity index (χ4n) is 3.61. The van der Waals surface area contributed by atoms with E-state index in [1.165, 1.54) is 41.1 Å². The molecule has 32 heavy (non-hydrogen) atoms. The maximum Gasteiger partial charge on any atom is 0.339 e. The van der Waals surface area contributed by atoms with Crippen molar-refractivity contribution in [2.75, 3.05) is 22.7 Å². The van der Waals surface area contributed by atoms with Gasteiger partial charge in [-0.2, -0.15) is 0 Å². The first kappa shape index (κ1) is 22.3. The summed E-state index contributed by atoms with van der Waals surface area (Å²) >= 11 is 6.74. The van der Waals surface area contributed by atoms with Crippen LogP contribution in [-0.4, -0.2) is 37.6 Å². The number of rotatable bonds is 6. The van der Waals surface area contributed by atoms with E-state index in [9.17, 15) is 18.3 Å². The Morgan fingerprint density at radius 3 is 2.66 bits per heavy atom. The number of carboxylic acid groups (broad SMARTS) is 1. The minimum atomic E-state index is -3.89. The average molecular weight is 490 g/mol. The Kier molecular flexibility index (Phi) is 6.23. The van der Waals surface area contributed by atoms with E-state index in [2.05, 4.69) is 34.8 Å². The third kappa shape index (κ3) is 4.64. The number of aromatic nitrogens is 1. The molecule has 1 aliphatic rings. The van der Waals surface area contributed by atoms with Crippen molar-refractivity contribution < 1.29 is 18.3 Å². The highest BCUT2D eigenvalue weighted by atomic mass is 35.5. The highest BCUT2D eigenvalue weighted by Gasteiger charge is 2.23. The van der Waals surface area contributed by atoms with Crippen molar-refractivity contribution in [1.82, 2.24) is 4.98 Å². The van der Waals surface area contributed by atoms with Crippen LogP contribution in [0.1, 0.15) is 27.9 Å². The fraction of sp³-hybridized carbons (Fsp3) is 0.182. The van der Waals surface area contributed by atoms with Gasteiger partial charge in [-0.05, 0) is 48.2 Å². The van der Waals surface area contributed by atoms with Crippen LogP contribution in [0.5, 0.6) is 0 Å². The van der Waals surface area contributed by atoms with E-state index in [0.29, 0.717) is 23.2 Å². The van der Waals surface area contributed by atoms with Gasteiger partial charge in [0.2, 0.25) is 0 Å². The zero-order chi connectivity index (χ0) is 22.9. The number of carboxylic acids is 1. The third-order valence-electron chi connectivity index (χ3n) is 5.16. The van der Waals surface area contributed by atoms with E-state index in [1.54, 1.807) is 0 Å². The van der Waals surface area contributed by atoms with Crippen LogP contribution in [0, 0.1) is 6.92 Å². The van der Waals surface area contributed by atoms with Crippen LogP contribution < -0.4 is 9.62 Å². The zero-order valence-electron chi connectivity index (χ0n) is 17.1. The molecule has 166 valence electrons. The van der Waals surface area contributed by atoms with Gasteiger partial charge in [0, 0.05) is 13.1 Å². The van der Waals surface area contributed by atoms with Gasteiger partial charge in [0.15, 0.2) is 0 Å². The molecule has 1 aromatic carbocycles. The van der Waals surface area contributed by atoms with Gasteiger partial charge >= 0.3 is 5.97 Å². The van der Waals surface area contributed by atoms with E-state index in [4.69, 9.17) is 11.6 Å². The van der Waals surface area contributed by atoms with Crippen molar-refractivity contribution in [2.45, 2.75) is 17.6 Å². The number of anilines is 2. The second-order valence-electron chi connectivity index (χ2n) is 7.30. The molecule has 0 saturated carbocycles. The molecule has 0 aliphatic carbocycles. The normalized spacial score (nSPS) is 14.2. The topological polar surface area (TPSA) is 99.6 Å². The number of carbonyl (C=O) groups is 1. The first-order chi connectivity index (χ1) is 15.2. The third-order valence-corrected chi connectivity index (χ3v) is 8.27. The van der Waals surface area contributed by atoms with Crippen LogP contribution in [0.3, 0.4) is 0 Å². The van der Waals surface area contributed by atoms with Crippen molar-refractivity contribution in [3.8, 4) is 0 Å². The largest absolute Gasteiger partial charge is 0.478 e. The van der Waals surface area contributed by atoms with Gasteiger partial charge in [-0.1, -0.05) is 41.9 Å². The maximum absolute atomic E-state index is 12.5. The molecule has 1 aliphatic heterocycles. The number of aryl methyl sites for hydroxylation is 1. The van der Waals surface area contributed by atoms with Gasteiger partial charge in [0.25, 0.3) is 10.0 Å². The number of sulfonamides is 1. The van der Waals surface area contributed by atoms with E-state index in [1.807, 2.05) is 17.0 Å². The lowest BCUT2D eigenvalue weighted by atomic mass is 9.95. The van der Waals surface area contributed by atoms with Gasteiger partial charge in [0.1, 0.15) is 15.6 Å². The number of hydrogen-bond acceptors (Lipinski definition) is 6. The summed E-state index contributed by atoms with van der Waals surface area (Å²) in [5, 5.41) is 9.73. The van der Waals surface area contributed by atoms with Crippen molar-refractivity contribution >= 4 is 56.0 Å². The van der Waals surface area contributed by atoms with Crippen molar-refractivity contribution in [2.24, 2.45) is 0 Å². The highest BCUT2D eigenvalue weighted by molar-refractivity contribution is 7.94. The van der Waals surface area contributed by atoms with Gasteiger partial charge in [0.05, 0.1) is 16.2 Å². The molecule has 2 aromatic heterocycles. The summed E-state index contributed by atoms with van der Waals surface area (Å²) in [5.41, 5.74) is 3.61. The molecule has 0 radical (unpaired) electrons. The molecule has 4 rings (SSSR count). The summed E-state index contributed by atoms with van der Waals surface area (Å²) in [6.45, 7) is 3.18. The van der Waals surface area contributed by atoms with Crippen LogP contribution in [0.4, 0.5) is 11.5 Å². The van der Waals surface area contributed by atoms with Crippen molar-refractivity contribution in [3.05, 3.63) is 75.8 Å². The van der Waals surface area contributed by atoms with Crippen molar-refractivity contribution in [3.63, 3.8) is 0 Å². The summed E-state index contributed by atoms with van der Waals surface area (Å²) in [6.07, 6.45) is 4.16. The Morgan fingerprint density at radius 1 is 1.25 bits per heavy atom. The Labute approximate surface area is 195 Å². The lowest BCUT2D eigenvalue weighted by molar-refractivity contribution is 0.0697. The number of thiophene rings is 1. The maximum atomic E-state index is 12.5. The molecular weight excluding hydrogens is 470 g/mol. The van der Waals surface area contributed by atoms with Gasteiger partial charge in [-0.3, -0.25) is 4.72 Å². The monoisotopic (exact) mass is 489 g/mol. The smallest absolute Gasteiger partial charge is 0.339 e. The number of benzene rings is 1. The second kappa shape index (κ2) is 8.93. The summed E-state index contributed by atoms with van der Waals surface area (Å²) in [7, 11) is -3.89. The summed E-state index contributed by atoms with van der Waals surface area (Å²) in [4.78, 5) is 18.1. The number of nitrogens with one attached hydrogen (secondary N) is 1. The standard InChI is InChI=1S/C22H20ClN3O4S2/c1-14-4-2-3-5-17(14)15-8-10-26(11-9-15)21-18(22(27)28)12-16(13-24-21)25-32(29,30)20-7-6-19(23)31-20/h2-8,12-13,25H,9-11H2,1H3,(H,27,28). The lowest BCUT2D eigenvalue weighted by Crippen LogP contribution is -2.30. The van der Waals surface area contributed by atoms with Crippen LogP contribution in [0.15, 0.2) is 58.9 Å². The number of hydrogen-bond donors (Lipinski definition) is 2. The molecule has 0 saturated heterocycles. The van der Waals surface area contributed by atoms with E-state index in [-0.39, 0.29) is 15.5 Å². The average Bonchev–Trinajstić information content (AvgIpc) is 3.21. The molecule has 0 bridgehead atoms. The molecule has 3 heterocycles. The van der Waals surface area contributed by atoms with Crippen molar-refractivity contribution in [1.29, 1.82) is 0 Å². The molecule has 0 amide bonds. The predicted molar refractivity (Wildman–Crippen MR) is 127 cm³/mol. The lowest BCUT2D eigenvalue weighted by Gasteiger charge is -2.29. The van der Waals surface area contributed by atoms with Crippen LogP contribution in [0.2, 0.25) is 4.34 Å². The first-order valence-electron chi connectivity index (χ1n) is 9.76. The van der Waals surface area contributed by atoms with E-state index < -0.39 is 16.0 Å². The molecule has 10 heteroatoms. The number of aromatic carboxylic acids is 1. The minimum absolute atomic E-state index is 0.0355. The quantitative estimate of drug-likeness (QED) is 0.511. The molecule has 0 atom stereocenters. The number of halogens is 1. The Balaban J connectivity index is 1.58. The van der Waals surface area contributed by atoms with E-state index in [0.717, 1.165) is 17.8 Å². The Hall–Kier alpha value is -2.88. The Bertz CT molecular complexity index is 1320. The van der Waals surface area contributed by atoms with Crippen LogP contribution in [0.25, 0.3) is 5.57 Å². The summed E-state index contributed by atoms with van der Waals surface area (Å²) < 4.78 is 27.8. The zero-order valence-corrected chi connectivity index (χ0v) is 19.5. The van der Waals surface area contributed by atoms with Gasteiger partial charge < -0.3 is 10.0 Å². The first-order valence-corrected chi connectivity index (χ1v) is 12.4. The van der Waals surface area contributed by atoms with E-state index >= 15 is 0 Å². The summed E-state index contributed by atoms with van der Waals surface area (Å²) in [6, 6.07) is 12.3. The molecular formula is C22H20ClN3O4S2.